The topological polar surface area (TPSA) is 281 Å². The van der Waals surface area contributed by atoms with Crippen LogP contribution < -0.4 is 29.3 Å². The third kappa shape index (κ3) is 6.61. The Hall–Kier alpha value is -5.45. The molecule has 8 rings (SSSR count). The van der Waals surface area contributed by atoms with Crippen molar-refractivity contribution in [2.45, 2.75) is 61.4 Å². The summed E-state index contributed by atoms with van der Waals surface area (Å²) >= 11 is 0. The highest BCUT2D eigenvalue weighted by atomic mass is 16.7. The van der Waals surface area contributed by atoms with Crippen molar-refractivity contribution in [3.8, 4) is 45.6 Å². The number of aliphatic hydroxyl groups is 8. The van der Waals surface area contributed by atoms with Crippen LogP contribution in [0.1, 0.15) is 0 Å². The van der Waals surface area contributed by atoms with Gasteiger partial charge < -0.3 is 87.9 Å². The predicted molar refractivity (Wildman–Crippen MR) is 204 cm³/mol. The molecule has 0 unspecified atom stereocenters. The molecule has 3 aromatic heterocycles. The Morgan fingerprint density at radius 2 is 1.20 bits per heavy atom. The minimum absolute atomic E-state index is 0.00545. The molecule has 10 atom stereocenters. The van der Waals surface area contributed by atoms with Gasteiger partial charge in [0.15, 0.2) is 34.5 Å². The van der Waals surface area contributed by atoms with Gasteiger partial charge in [-0.05, 0) is 47.3 Å². The van der Waals surface area contributed by atoms with Crippen LogP contribution >= 0.6 is 0 Å². The van der Waals surface area contributed by atoms with Crippen molar-refractivity contribution in [3.63, 3.8) is 0 Å². The normalized spacial score (nSPS) is 27.4. The number of ether oxygens (including phenoxy) is 7. The van der Waals surface area contributed by atoms with E-state index in [4.69, 9.17) is 37.6 Å². The number of hydrogen-bond donors (Lipinski definition) is 9. The number of fused-ring (bicyclic) bond motifs is 7. The van der Waals surface area contributed by atoms with Crippen molar-refractivity contribution in [3.05, 3.63) is 65.1 Å². The van der Waals surface area contributed by atoms with Gasteiger partial charge in [0, 0.05) is 34.0 Å². The summed E-state index contributed by atoms with van der Waals surface area (Å²) in [5.41, 5.74) is 0.704. The first-order chi connectivity index (χ1) is 28.3. The molecular weight excluding hydrogens is 782 g/mol. The van der Waals surface area contributed by atoms with Gasteiger partial charge >= 0.3 is 5.63 Å². The van der Waals surface area contributed by atoms with Crippen LogP contribution in [0.15, 0.2) is 63.9 Å². The fourth-order valence-corrected chi connectivity index (χ4v) is 7.71. The van der Waals surface area contributed by atoms with Crippen LogP contribution in [0.3, 0.4) is 0 Å². The molecule has 9 N–H and O–H groups in total. The molecule has 2 fully saturated rings. The van der Waals surface area contributed by atoms with Gasteiger partial charge in [0.05, 0.1) is 40.1 Å². The Morgan fingerprint density at radius 3 is 1.80 bits per heavy atom. The van der Waals surface area contributed by atoms with Crippen molar-refractivity contribution < 1.29 is 83.5 Å². The molecule has 0 radical (unpaired) electrons. The number of pyridine rings is 1. The number of phenolic OH excluding ortho intramolecular Hbond substituents is 1. The van der Waals surface area contributed by atoms with E-state index in [-0.39, 0.29) is 45.6 Å². The molecular formula is C40H41NO18. The van der Waals surface area contributed by atoms with E-state index in [1.807, 2.05) is 0 Å². The SMILES string of the molecule is COc1cc2c(ccn3c2c(-c2ccc(O[C@@H]4O[C@H](CO)[C@@H](O)[C@H](O)[C@H]4O)c(OC)c2)c2c4cc(OC)c(O[C@@H]5O[C@H](CO)[C@@H](O)[C@H](O)[C@H]5O)cc4oc(=O)c23)cc1O. The Morgan fingerprint density at radius 1 is 0.627 bits per heavy atom. The van der Waals surface area contributed by atoms with Gasteiger partial charge in [-0.25, -0.2) is 4.79 Å². The van der Waals surface area contributed by atoms with Gasteiger partial charge in [-0.15, -0.1) is 0 Å². The summed E-state index contributed by atoms with van der Waals surface area (Å²) in [5.74, 6) is 0.173. The summed E-state index contributed by atoms with van der Waals surface area (Å²) in [7, 11) is 4.11. The van der Waals surface area contributed by atoms with Crippen molar-refractivity contribution >= 4 is 38.2 Å². The molecule has 19 nitrogen and oxygen atoms in total. The van der Waals surface area contributed by atoms with Gasteiger partial charge in [0.2, 0.25) is 12.6 Å². The highest BCUT2D eigenvalue weighted by Crippen LogP contribution is 2.47. The van der Waals surface area contributed by atoms with Crippen molar-refractivity contribution in [2.75, 3.05) is 34.5 Å². The van der Waals surface area contributed by atoms with Crippen LogP contribution in [0.25, 0.3) is 49.3 Å². The van der Waals surface area contributed by atoms with Crippen molar-refractivity contribution in [1.29, 1.82) is 0 Å². The monoisotopic (exact) mass is 823 g/mol. The summed E-state index contributed by atoms with van der Waals surface area (Å²) in [6, 6.07) is 12.4. The zero-order valence-electron chi connectivity index (χ0n) is 31.5. The second-order valence-corrected chi connectivity index (χ2v) is 14.1. The number of methoxy groups -OCH3 is 3. The summed E-state index contributed by atoms with van der Waals surface area (Å²) < 4.78 is 47.3. The lowest BCUT2D eigenvalue weighted by molar-refractivity contribution is -0.277. The molecule has 2 aliphatic rings. The van der Waals surface area contributed by atoms with Crippen molar-refractivity contribution in [2.24, 2.45) is 0 Å². The van der Waals surface area contributed by atoms with Gasteiger partial charge in [0.1, 0.15) is 59.9 Å². The third-order valence-electron chi connectivity index (χ3n) is 10.8. The molecule has 314 valence electrons. The Bertz CT molecular complexity index is 2600. The maximum Gasteiger partial charge on any atom is 0.361 e. The Balaban J connectivity index is 1.35. The lowest BCUT2D eigenvalue weighted by Crippen LogP contribution is -2.60. The number of hydrogen-bond acceptors (Lipinski definition) is 18. The number of aliphatic hydroxyl groups excluding tert-OH is 8. The van der Waals surface area contributed by atoms with Crippen LogP contribution in [-0.4, -0.2) is 146 Å². The molecule has 2 aliphatic heterocycles. The van der Waals surface area contributed by atoms with Crippen LogP contribution in [-0.2, 0) is 9.47 Å². The largest absolute Gasteiger partial charge is 0.504 e. The lowest BCUT2D eigenvalue weighted by Gasteiger charge is -2.39. The van der Waals surface area contributed by atoms with Crippen LogP contribution in [0.5, 0.6) is 34.5 Å². The number of aromatic nitrogens is 1. The summed E-state index contributed by atoms with van der Waals surface area (Å²) in [4.78, 5) is 14.1. The van der Waals surface area contributed by atoms with E-state index in [1.165, 1.54) is 45.6 Å². The van der Waals surface area contributed by atoms with E-state index < -0.39 is 80.3 Å². The molecule has 3 aromatic carbocycles. The number of benzene rings is 3. The van der Waals surface area contributed by atoms with Gasteiger partial charge in [0.25, 0.3) is 0 Å². The highest BCUT2D eigenvalue weighted by Gasteiger charge is 2.46. The van der Waals surface area contributed by atoms with Gasteiger partial charge in [-0.2, -0.15) is 0 Å². The number of nitrogens with zero attached hydrogens (tertiary/aromatic N) is 1. The first-order valence-corrected chi connectivity index (χ1v) is 18.3. The average Bonchev–Trinajstić information content (AvgIpc) is 3.60. The molecule has 2 saturated heterocycles. The maximum atomic E-state index is 14.1. The Labute approximate surface area is 332 Å². The number of aromatic hydroxyl groups is 1. The molecule has 0 spiro atoms. The molecule has 5 heterocycles. The highest BCUT2D eigenvalue weighted by molar-refractivity contribution is 6.22. The fourth-order valence-electron chi connectivity index (χ4n) is 7.71. The van der Waals surface area contributed by atoms with Crippen LogP contribution in [0, 0.1) is 0 Å². The van der Waals surface area contributed by atoms with E-state index in [0.717, 1.165) is 0 Å². The second kappa shape index (κ2) is 15.6. The van der Waals surface area contributed by atoms with Gasteiger partial charge in [-0.3, -0.25) is 0 Å². The minimum Gasteiger partial charge on any atom is -0.504 e. The summed E-state index contributed by atoms with van der Waals surface area (Å²) in [5, 5.41) is 94.5. The molecule has 59 heavy (non-hydrogen) atoms. The van der Waals surface area contributed by atoms with Crippen LogP contribution in [0.4, 0.5) is 0 Å². The lowest BCUT2D eigenvalue weighted by atomic mass is 9.97. The van der Waals surface area contributed by atoms with Crippen LogP contribution in [0.2, 0.25) is 0 Å². The van der Waals surface area contributed by atoms with E-state index in [0.29, 0.717) is 38.2 Å². The first-order valence-electron chi connectivity index (χ1n) is 18.3. The summed E-state index contributed by atoms with van der Waals surface area (Å²) in [6.07, 6.45) is -14.1. The molecule has 6 aromatic rings. The third-order valence-corrected chi connectivity index (χ3v) is 10.8. The Kier molecular flexibility index (Phi) is 10.7. The number of rotatable bonds is 10. The molecule has 0 amide bonds. The summed E-state index contributed by atoms with van der Waals surface area (Å²) in [6.45, 7) is -1.36. The minimum atomic E-state index is -1.75. The number of phenols is 1. The standard InChI is InChI=1S/C40H41NO18/c1-52-22-10-17-15(8-19(22)44)6-7-41-30(17)28(16-4-5-20(23(9-16)53-2)56-39-36(49)34(47)32(45)26(13-42)58-39)29-18-11-24(54-3)25(12-21(18)55-38(51)31(29)41)57-40-37(50)35(48)33(46)27(14-43)59-40/h4-12,26-27,32-37,39-40,42-50H,13-14H2,1-3H3/t26-,27-,32-,33-,34+,35+,36-,37-,39-,40-/m1/s1. The zero-order valence-corrected chi connectivity index (χ0v) is 31.5. The van der Waals surface area contributed by atoms with E-state index in [2.05, 4.69) is 0 Å². The fraction of sp³-hybridized carbons (Fsp3) is 0.375. The molecule has 0 saturated carbocycles. The van der Waals surface area contributed by atoms with Crippen molar-refractivity contribution in [1.82, 2.24) is 4.40 Å². The predicted octanol–water partition coefficient (Wildman–Crippen LogP) is 0.108. The first kappa shape index (κ1) is 40.3. The molecule has 0 bridgehead atoms. The maximum absolute atomic E-state index is 14.1. The molecule has 0 aliphatic carbocycles. The van der Waals surface area contributed by atoms with E-state index in [1.54, 1.807) is 34.9 Å². The van der Waals surface area contributed by atoms with E-state index >= 15 is 0 Å². The molecule has 19 heteroatoms. The zero-order chi connectivity index (χ0) is 42.0. The quantitative estimate of drug-likeness (QED) is 0.0829. The smallest absolute Gasteiger partial charge is 0.361 e. The second-order valence-electron chi connectivity index (χ2n) is 14.1. The average molecular weight is 824 g/mol. The van der Waals surface area contributed by atoms with E-state index in [9.17, 15) is 50.8 Å². The van der Waals surface area contributed by atoms with Gasteiger partial charge in [-0.1, -0.05) is 6.07 Å².